The Hall–Kier alpha value is -1.47. The molecule has 1 aromatic heterocycles. The van der Waals surface area contributed by atoms with Gasteiger partial charge in [0.2, 0.25) is 11.2 Å². The molecule has 0 saturated heterocycles. The fourth-order valence-corrected chi connectivity index (χ4v) is 1.83. The Morgan fingerprint density at radius 1 is 1.35 bits per heavy atom. The Kier molecular flexibility index (Phi) is 5.08. The first kappa shape index (κ1) is 14.9. The van der Waals surface area contributed by atoms with Crippen LogP contribution in [-0.2, 0) is 0 Å². The molecule has 0 bridgehead atoms. The second-order valence-corrected chi connectivity index (χ2v) is 5.01. The molecule has 2 aromatic rings. The van der Waals surface area contributed by atoms with Gasteiger partial charge in [-0.2, -0.15) is 15.0 Å². The van der Waals surface area contributed by atoms with Gasteiger partial charge < -0.3 is 10.1 Å². The van der Waals surface area contributed by atoms with E-state index >= 15 is 0 Å². The van der Waals surface area contributed by atoms with E-state index in [-0.39, 0.29) is 17.0 Å². The van der Waals surface area contributed by atoms with Gasteiger partial charge in [0.25, 0.3) is 0 Å². The summed E-state index contributed by atoms with van der Waals surface area (Å²) < 4.78 is 19.2. The van der Waals surface area contributed by atoms with E-state index in [9.17, 15) is 4.39 Å². The van der Waals surface area contributed by atoms with Gasteiger partial charge in [0.05, 0.1) is 4.47 Å². The Morgan fingerprint density at radius 2 is 2.15 bits per heavy atom. The van der Waals surface area contributed by atoms with Crippen molar-refractivity contribution in [3.05, 3.63) is 33.8 Å². The van der Waals surface area contributed by atoms with Crippen molar-refractivity contribution in [1.29, 1.82) is 0 Å². The van der Waals surface area contributed by atoms with Crippen LogP contribution in [0.1, 0.15) is 13.3 Å². The average Bonchev–Trinajstić information content (AvgIpc) is 2.40. The fourth-order valence-electron chi connectivity index (χ4n) is 1.35. The Balaban J connectivity index is 2.24. The van der Waals surface area contributed by atoms with Crippen molar-refractivity contribution in [2.45, 2.75) is 13.3 Å². The van der Waals surface area contributed by atoms with Gasteiger partial charge in [-0.05, 0) is 46.1 Å². The summed E-state index contributed by atoms with van der Waals surface area (Å²) >= 11 is 9.05. The van der Waals surface area contributed by atoms with Crippen LogP contribution < -0.4 is 10.1 Å². The predicted molar refractivity (Wildman–Crippen MR) is 77.8 cm³/mol. The molecule has 0 saturated carbocycles. The van der Waals surface area contributed by atoms with Crippen molar-refractivity contribution < 1.29 is 9.13 Å². The fraction of sp³-hybridized carbons (Fsp3) is 0.250. The lowest BCUT2D eigenvalue weighted by atomic mass is 10.3. The maximum absolute atomic E-state index is 13.2. The molecule has 1 N–H and O–H groups in total. The largest absolute Gasteiger partial charge is 0.423 e. The van der Waals surface area contributed by atoms with Crippen molar-refractivity contribution >= 4 is 33.5 Å². The number of hydrogen-bond acceptors (Lipinski definition) is 5. The summed E-state index contributed by atoms with van der Waals surface area (Å²) in [7, 11) is 0. The predicted octanol–water partition coefficient (Wildman–Crippen LogP) is 4.04. The van der Waals surface area contributed by atoms with E-state index in [0.717, 1.165) is 6.42 Å². The van der Waals surface area contributed by atoms with Crippen LogP contribution in [0.2, 0.25) is 5.28 Å². The molecule has 0 aliphatic carbocycles. The summed E-state index contributed by atoms with van der Waals surface area (Å²) in [5.41, 5.74) is 0. The molecule has 0 radical (unpaired) electrons. The Morgan fingerprint density at radius 3 is 2.90 bits per heavy atom. The van der Waals surface area contributed by atoms with Gasteiger partial charge >= 0.3 is 6.01 Å². The summed E-state index contributed by atoms with van der Waals surface area (Å²) in [6.07, 6.45) is 0.912. The third-order valence-corrected chi connectivity index (χ3v) is 3.04. The minimum atomic E-state index is -0.423. The second kappa shape index (κ2) is 6.81. The number of aromatic nitrogens is 3. The van der Waals surface area contributed by atoms with Crippen LogP contribution >= 0.6 is 27.5 Å². The monoisotopic (exact) mass is 360 g/mol. The zero-order valence-electron chi connectivity index (χ0n) is 10.5. The third kappa shape index (κ3) is 4.01. The van der Waals surface area contributed by atoms with Crippen molar-refractivity contribution in [2.24, 2.45) is 0 Å². The number of anilines is 1. The summed E-state index contributed by atoms with van der Waals surface area (Å²) in [6, 6.07) is 4.06. The molecule has 0 amide bonds. The normalized spacial score (nSPS) is 10.4. The van der Waals surface area contributed by atoms with Gasteiger partial charge in [0, 0.05) is 12.6 Å². The molecule has 0 atom stereocenters. The van der Waals surface area contributed by atoms with Gasteiger partial charge in [-0.15, -0.1) is 0 Å². The number of nitrogens with zero attached hydrogens (tertiary/aromatic N) is 3. The number of benzene rings is 1. The van der Waals surface area contributed by atoms with E-state index in [2.05, 4.69) is 36.2 Å². The number of rotatable bonds is 5. The van der Waals surface area contributed by atoms with E-state index in [1.807, 2.05) is 6.92 Å². The van der Waals surface area contributed by atoms with Crippen LogP contribution in [0.25, 0.3) is 0 Å². The summed E-state index contributed by atoms with van der Waals surface area (Å²) in [6.45, 7) is 2.71. The minimum Gasteiger partial charge on any atom is -0.423 e. The van der Waals surface area contributed by atoms with Crippen molar-refractivity contribution in [3.8, 4) is 11.8 Å². The van der Waals surface area contributed by atoms with E-state index in [4.69, 9.17) is 16.3 Å². The molecule has 20 heavy (non-hydrogen) atoms. The lowest BCUT2D eigenvalue weighted by Crippen LogP contribution is -2.06. The van der Waals surface area contributed by atoms with Gasteiger partial charge in [-0.1, -0.05) is 6.92 Å². The van der Waals surface area contributed by atoms with E-state index in [1.165, 1.54) is 18.2 Å². The zero-order chi connectivity index (χ0) is 14.5. The molecule has 5 nitrogen and oxygen atoms in total. The van der Waals surface area contributed by atoms with Gasteiger partial charge in [0.1, 0.15) is 11.6 Å². The number of nitrogens with one attached hydrogen (secondary N) is 1. The van der Waals surface area contributed by atoms with Crippen LogP contribution in [-0.4, -0.2) is 21.5 Å². The third-order valence-electron chi connectivity index (χ3n) is 2.22. The van der Waals surface area contributed by atoms with Crippen LogP contribution in [0.4, 0.5) is 10.3 Å². The number of halogens is 3. The maximum atomic E-state index is 13.2. The molecule has 0 spiro atoms. The lowest BCUT2D eigenvalue weighted by Gasteiger charge is -2.08. The first-order valence-corrected chi connectivity index (χ1v) is 7.04. The van der Waals surface area contributed by atoms with Crippen molar-refractivity contribution in [3.63, 3.8) is 0 Å². The van der Waals surface area contributed by atoms with E-state index in [0.29, 0.717) is 17.0 Å². The highest BCUT2D eigenvalue weighted by Gasteiger charge is 2.10. The number of ether oxygens (including phenoxy) is 1. The topological polar surface area (TPSA) is 59.9 Å². The zero-order valence-corrected chi connectivity index (χ0v) is 12.9. The summed E-state index contributed by atoms with van der Waals surface area (Å²) in [4.78, 5) is 11.8. The molecule has 2 rings (SSSR count). The molecule has 8 heteroatoms. The van der Waals surface area contributed by atoms with Crippen LogP contribution in [0.3, 0.4) is 0 Å². The first-order chi connectivity index (χ1) is 9.58. The molecule has 0 aliphatic rings. The van der Waals surface area contributed by atoms with E-state index in [1.54, 1.807) is 0 Å². The highest BCUT2D eigenvalue weighted by molar-refractivity contribution is 9.10. The Labute approximate surface area is 128 Å². The van der Waals surface area contributed by atoms with Crippen LogP contribution in [0, 0.1) is 5.82 Å². The average molecular weight is 362 g/mol. The second-order valence-electron chi connectivity index (χ2n) is 3.81. The highest BCUT2D eigenvalue weighted by Crippen LogP contribution is 2.29. The Bertz CT molecular complexity index is 614. The molecule has 1 aromatic carbocycles. The lowest BCUT2D eigenvalue weighted by molar-refractivity contribution is 0.434. The number of hydrogen-bond donors (Lipinski definition) is 1. The van der Waals surface area contributed by atoms with Crippen LogP contribution in [0.5, 0.6) is 11.8 Å². The standard InChI is InChI=1S/C12H11BrClFN4O/c1-2-5-16-11-17-10(14)18-12(19-11)20-9-6-7(15)3-4-8(9)13/h3-4,6H,2,5H2,1H3,(H,16,17,18,19). The van der Waals surface area contributed by atoms with Crippen molar-refractivity contribution in [1.82, 2.24) is 15.0 Å². The smallest absolute Gasteiger partial charge is 0.328 e. The molecule has 0 aliphatic heterocycles. The van der Waals surface area contributed by atoms with Crippen molar-refractivity contribution in [2.75, 3.05) is 11.9 Å². The minimum absolute atomic E-state index is 0.00104. The van der Waals surface area contributed by atoms with Gasteiger partial charge in [-0.25, -0.2) is 4.39 Å². The molecule has 1 heterocycles. The quantitative estimate of drug-likeness (QED) is 0.871. The first-order valence-electron chi connectivity index (χ1n) is 5.87. The van der Waals surface area contributed by atoms with Crippen LogP contribution in [0.15, 0.2) is 22.7 Å². The van der Waals surface area contributed by atoms with Gasteiger partial charge in [-0.3, -0.25) is 0 Å². The molecular weight excluding hydrogens is 351 g/mol. The molecular formula is C12H11BrClFN4O. The summed E-state index contributed by atoms with van der Waals surface area (Å²) in [5, 5.41) is 2.98. The SMILES string of the molecule is CCCNc1nc(Cl)nc(Oc2cc(F)ccc2Br)n1. The van der Waals surface area contributed by atoms with E-state index < -0.39 is 5.82 Å². The molecule has 106 valence electrons. The highest BCUT2D eigenvalue weighted by atomic mass is 79.9. The molecule has 0 fully saturated rings. The summed E-state index contributed by atoms with van der Waals surface area (Å²) in [5.74, 6) is 0.149. The molecule has 0 unspecified atom stereocenters. The maximum Gasteiger partial charge on any atom is 0.328 e. The van der Waals surface area contributed by atoms with Gasteiger partial charge in [0.15, 0.2) is 0 Å².